The van der Waals surface area contributed by atoms with Crippen molar-refractivity contribution in [3.63, 3.8) is 0 Å². The molecule has 1 aliphatic rings. The molecule has 0 spiro atoms. The molecule has 2 amide bonds. The van der Waals surface area contributed by atoms with Crippen LogP contribution in [-0.4, -0.2) is 51.0 Å². The highest BCUT2D eigenvalue weighted by Crippen LogP contribution is 2.36. The number of nitrogens with zero attached hydrogens (tertiary/aromatic N) is 4. The van der Waals surface area contributed by atoms with E-state index in [0.29, 0.717) is 22.1 Å². The van der Waals surface area contributed by atoms with Gasteiger partial charge in [-0.15, -0.1) is 21.5 Å². The Balaban J connectivity index is 1.37. The molecule has 1 aromatic carbocycles. The highest BCUT2D eigenvalue weighted by molar-refractivity contribution is 7.17. The lowest BCUT2D eigenvalue weighted by molar-refractivity contribution is -0.134. The van der Waals surface area contributed by atoms with Crippen LogP contribution in [-0.2, 0) is 4.79 Å². The van der Waals surface area contributed by atoms with Gasteiger partial charge in [0.1, 0.15) is 10.6 Å². The molecule has 3 aromatic heterocycles. The molecule has 4 heterocycles. The molecule has 0 bridgehead atoms. The summed E-state index contributed by atoms with van der Waals surface area (Å²) in [6.07, 6.45) is 5.06. The van der Waals surface area contributed by atoms with Gasteiger partial charge in [-0.25, -0.2) is 0 Å². The molecule has 1 atom stereocenters. The van der Waals surface area contributed by atoms with Crippen molar-refractivity contribution in [1.29, 1.82) is 0 Å². The SMILES string of the molecule is CC(NC(=O)c1sc(-c2ccccc2)cc1OCC(=O)N1CCCCC1)c1nnc2ccccn12. The standard InChI is InChI=1S/C26H27N5O3S/c1-18(25-29-28-22-12-6-9-15-31(22)25)27-26(33)24-20(16-21(35-24)19-10-4-2-5-11-19)34-17-23(32)30-13-7-3-8-14-30/h2,4-6,9-12,15-16,18H,3,7-8,13-14,17H2,1H3,(H,27,33). The fourth-order valence-electron chi connectivity index (χ4n) is 4.24. The molecule has 1 aliphatic heterocycles. The van der Waals surface area contributed by atoms with Gasteiger partial charge in [0.05, 0.1) is 6.04 Å². The van der Waals surface area contributed by atoms with E-state index in [1.54, 1.807) is 0 Å². The maximum Gasteiger partial charge on any atom is 0.265 e. The van der Waals surface area contributed by atoms with Gasteiger partial charge in [0.15, 0.2) is 18.1 Å². The lowest BCUT2D eigenvalue weighted by Crippen LogP contribution is -2.38. The van der Waals surface area contributed by atoms with Crippen LogP contribution in [0.1, 0.15) is 47.7 Å². The number of carbonyl (C=O) groups is 2. The Morgan fingerprint density at radius 1 is 1.06 bits per heavy atom. The molecular weight excluding hydrogens is 462 g/mol. The predicted molar refractivity (Wildman–Crippen MR) is 135 cm³/mol. The van der Waals surface area contributed by atoms with Gasteiger partial charge in [-0.05, 0) is 49.9 Å². The summed E-state index contributed by atoms with van der Waals surface area (Å²) in [6.45, 7) is 3.31. The number of carbonyl (C=O) groups excluding carboxylic acids is 2. The zero-order valence-electron chi connectivity index (χ0n) is 19.5. The summed E-state index contributed by atoms with van der Waals surface area (Å²) < 4.78 is 7.79. The molecule has 0 aliphatic carbocycles. The minimum absolute atomic E-state index is 0.0492. The number of hydrogen-bond donors (Lipinski definition) is 1. The summed E-state index contributed by atoms with van der Waals surface area (Å²) in [4.78, 5) is 29.2. The van der Waals surface area contributed by atoms with E-state index in [0.717, 1.165) is 42.8 Å². The normalized spacial score (nSPS) is 14.6. The molecule has 1 fully saturated rings. The smallest absolute Gasteiger partial charge is 0.265 e. The van der Waals surface area contributed by atoms with Crippen LogP contribution in [0.5, 0.6) is 5.75 Å². The van der Waals surface area contributed by atoms with Gasteiger partial charge >= 0.3 is 0 Å². The van der Waals surface area contributed by atoms with Crippen LogP contribution in [0, 0.1) is 0 Å². The van der Waals surface area contributed by atoms with Crippen molar-refractivity contribution in [2.45, 2.75) is 32.2 Å². The van der Waals surface area contributed by atoms with Gasteiger partial charge in [-0.1, -0.05) is 36.4 Å². The van der Waals surface area contributed by atoms with Crippen LogP contribution in [0.4, 0.5) is 0 Å². The largest absolute Gasteiger partial charge is 0.482 e. The zero-order valence-corrected chi connectivity index (χ0v) is 20.3. The summed E-state index contributed by atoms with van der Waals surface area (Å²) in [5, 5.41) is 11.4. The van der Waals surface area contributed by atoms with Crippen molar-refractivity contribution < 1.29 is 14.3 Å². The Morgan fingerprint density at radius 3 is 2.63 bits per heavy atom. The molecule has 9 heteroatoms. The van der Waals surface area contributed by atoms with Crippen LogP contribution in [0.25, 0.3) is 16.1 Å². The molecule has 1 unspecified atom stereocenters. The summed E-state index contributed by atoms with van der Waals surface area (Å²) in [5.41, 5.74) is 1.70. The molecule has 35 heavy (non-hydrogen) atoms. The number of thiophene rings is 1. The number of amides is 2. The first-order valence-electron chi connectivity index (χ1n) is 11.8. The maximum atomic E-state index is 13.4. The Bertz CT molecular complexity index is 1330. The van der Waals surface area contributed by atoms with E-state index in [1.165, 1.54) is 11.3 Å². The second kappa shape index (κ2) is 10.3. The van der Waals surface area contributed by atoms with E-state index in [9.17, 15) is 9.59 Å². The number of benzene rings is 1. The lowest BCUT2D eigenvalue weighted by atomic mass is 10.1. The summed E-state index contributed by atoms with van der Waals surface area (Å²) in [6, 6.07) is 16.9. The van der Waals surface area contributed by atoms with Crippen molar-refractivity contribution in [3.8, 4) is 16.2 Å². The van der Waals surface area contributed by atoms with E-state index in [2.05, 4.69) is 15.5 Å². The highest BCUT2D eigenvalue weighted by Gasteiger charge is 2.24. The lowest BCUT2D eigenvalue weighted by Gasteiger charge is -2.26. The third kappa shape index (κ3) is 5.05. The Morgan fingerprint density at radius 2 is 1.83 bits per heavy atom. The molecule has 0 saturated carbocycles. The van der Waals surface area contributed by atoms with Crippen LogP contribution >= 0.6 is 11.3 Å². The van der Waals surface area contributed by atoms with Crippen LogP contribution in [0.3, 0.4) is 0 Å². The number of hydrogen-bond acceptors (Lipinski definition) is 6. The van der Waals surface area contributed by atoms with Gasteiger partial charge in [0.25, 0.3) is 11.8 Å². The number of fused-ring (bicyclic) bond motifs is 1. The number of nitrogens with one attached hydrogen (secondary N) is 1. The highest BCUT2D eigenvalue weighted by atomic mass is 32.1. The van der Waals surface area contributed by atoms with Gasteiger partial charge in [-0.3, -0.25) is 14.0 Å². The molecule has 0 radical (unpaired) electrons. The average Bonchev–Trinajstić information content (AvgIpc) is 3.53. The number of aromatic nitrogens is 3. The van der Waals surface area contributed by atoms with Crippen molar-refractivity contribution in [3.05, 3.63) is 71.5 Å². The Hall–Kier alpha value is -3.72. The molecule has 4 aromatic rings. The second-order valence-electron chi connectivity index (χ2n) is 8.58. The first-order chi connectivity index (χ1) is 17.1. The fraction of sp³-hybridized carbons (Fsp3) is 0.308. The molecular formula is C26H27N5O3S. The van der Waals surface area contributed by atoms with Crippen LogP contribution in [0.2, 0.25) is 0 Å². The number of pyridine rings is 1. The Kier molecular flexibility index (Phi) is 6.76. The van der Waals surface area contributed by atoms with Gasteiger partial charge in [0, 0.05) is 24.2 Å². The average molecular weight is 490 g/mol. The van der Waals surface area contributed by atoms with Crippen molar-refractivity contribution in [1.82, 2.24) is 24.8 Å². The number of rotatable bonds is 7. The van der Waals surface area contributed by atoms with E-state index in [1.807, 2.05) is 77.0 Å². The molecule has 5 rings (SSSR count). The molecule has 1 saturated heterocycles. The zero-order chi connectivity index (χ0) is 24.2. The summed E-state index contributed by atoms with van der Waals surface area (Å²) >= 11 is 1.35. The molecule has 8 nitrogen and oxygen atoms in total. The predicted octanol–water partition coefficient (Wildman–Crippen LogP) is 4.34. The number of ether oxygens (including phenoxy) is 1. The third-order valence-electron chi connectivity index (χ3n) is 6.10. The van der Waals surface area contributed by atoms with Crippen LogP contribution in [0.15, 0.2) is 60.8 Å². The van der Waals surface area contributed by atoms with Gasteiger partial charge in [-0.2, -0.15) is 0 Å². The first kappa shape index (κ1) is 23.0. The Labute approximate surface area is 207 Å². The number of piperidine rings is 1. The second-order valence-corrected chi connectivity index (χ2v) is 9.63. The summed E-state index contributed by atoms with van der Waals surface area (Å²) in [5.74, 6) is 0.719. The quantitative estimate of drug-likeness (QED) is 0.417. The van der Waals surface area contributed by atoms with Crippen molar-refractivity contribution in [2.75, 3.05) is 19.7 Å². The number of likely N-dealkylation sites (tertiary alicyclic amines) is 1. The fourth-order valence-corrected chi connectivity index (χ4v) is 5.25. The van der Waals surface area contributed by atoms with Crippen molar-refractivity contribution in [2.24, 2.45) is 0 Å². The van der Waals surface area contributed by atoms with Gasteiger partial charge in [0.2, 0.25) is 0 Å². The summed E-state index contributed by atoms with van der Waals surface area (Å²) in [7, 11) is 0. The minimum Gasteiger partial charge on any atom is -0.482 e. The van der Waals surface area contributed by atoms with E-state index >= 15 is 0 Å². The van der Waals surface area contributed by atoms with E-state index in [4.69, 9.17) is 4.74 Å². The van der Waals surface area contributed by atoms with Crippen LogP contribution < -0.4 is 10.1 Å². The van der Waals surface area contributed by atoms with E-state index < -0.39 is 0 Å². The molecule has 1 N–H and O–H groups in total. The first-order valence-corrected chi connectivity index (χ1v) is 12.6. The third-order valence-corrected chi connectivity index (χ3v) is 7.26. The minimum atomic E-state index is -0.384. The van der Waals surface area contributed by atoms with Gasteiger partial charge < -0.3 is 15.0 Å². The van der Waals surface area contributed by atoms with E-state index in [-0.39, 0.29) is 24.5 Å². The topological polar surface area (TPSA) is 88.8 Å². The molecule has 180 valence electrons. The van der Waals surface area contributed by atoms with Crippen molar-refractivity contribution >= 4 is 28.8 Å². The monoisotopic (exact) mass is 489 g/mol. The maximum absolute atomic E-state index is 13.4.